The molecule has 0 amide bonds. The van der Waals surface area contributed by atoms with Gasteiger partial charge < -0.3 is 20.7 Å². The minimum atomic E-state index is 0.587. The molecule has 1 aromatic carbocycles. The maximum Gasteiger partial charge on any atom is 0.143 e. The summed E-state index contributed by atoms with van der Waals surface area (Å²) in [6.07, 6.45) is 1.18. The van der Waals surface area contributed by atoms with E-state index in [-0.39, 0.29) is 0 Å². The lowest BCUT2D eigenvalue weighted by atomic mass is 10.2. The van der Waals surface area contributed by atoms with E-state index >= 15 is 0 Å². The second-order valence-corrected chi connectivity index (χ2v) is 4.15. The molecular formula is C12H19N3O. The van der Waals surface area contributed by atoms with Gasteiger partial charge in [0.25, 0.3) is 0 Å². The van der Waals surface area contributed by atoms with Crippen LogP contribution < -0.4 is 20.7 Å². The Kier molecular flexibility index (Phi) is 3.19. The molecule has 3 N–H and O–H groups in total. The third-order valence-corrected chi connectivity index (χ3v) is 3.18. The summed E-state index contributed by atoms with van der Waals surface area (Å²) in [6, 6.07) is 6.55. The van der Waals surface area contributed by atoms with Gasteiger partial charge in [-0.15, -0.1) is 0 Å². The Hall–Kier alpha value is -1.42. The van der Waals surface area contributed by atoms with Crippen LogP contribution in [0.5, 0.6) is 5.75 Å². The van der Waals surface area contributed by atoms with Crippen LogP contribution in [0.2, 0.25) is 0 Å². The van der Waals surface area contributed by atoms with Gasteiger partial charge in [-0.1, -0.05) is 0 Å². The lowest BCUT2D eigenvalue weighted by Gasteiger charge is -2.19. The predicted molar refractivity (Wildman–Crippen MR) is 67.1 cm³/mol. The summed E-state index contributed by atoms with van der Waals surface area (Å²) in [6.45, 7) is 2.13. The number of benzene rings is 1. The highest BCUT2D eigenvalue weighted by Gasteiger charge is 2.21. The fraction of sp³-hybridized carbons (Fsp3) is 0.500. The summed E-state index contributed by atoms with van der Waals surface area (Å²) in [7, 11) is 3.66. The van der Waals surface area contributed by atoms with Gasteiger partial charge in [0, 0.05) is 30.9 Å². The molecule has 0 spiro atoms. The molecule has 1 unspecified atom stereocenters. The number of methoxy groups -OCH3 is 1. The molecule has 1 aliphatic rings. The molecule has 1 fully saturated rings. The van der Waals surface area contributed by atoms with E-state index in [1.807, 2.05) is 19.2 Å². The van der Waals surface area contributed by atoms with Crippen molar-refractivity contribution in [2.24, 2.45) is 0 Å². The summed E-state index contributed by atoms with van der Waals surface area (Å²) in [5, 5.41) is 3.31. The molecule has 1 saturated heterocycles. The van der Waals surface area contributed by atoms with Crippen LogP contribution in [-0.4, -0.2) is 33.3 Å². The van der Waals surface area contributed by atoms with Gasteiger partial charge in [-0.05, 0) is 25.6 Å². The van der Waals surface area contributed by atoms with Crippen LogP contribution in [0.3, 0.4) is 0 Å². The van der Waals surface area contributed by atoms with Crippen LogP contribution in [0.4, 0.5) is 11.4 Å². The molecule has 2 rings (SSSR count). The second-order valence-electron chi connectivity index (χ2n) is 4.15. The van der Waals surface area contributed by atoms with Gasteiger partial charge in [-0.3, -0.25) is 0 Å². The lowest BCUT2D eigenvalue weighted by molar-refractivity contribution is 0.417. The van der Waals surface area contributed by atoms with E-state index in [0.29, 0.717) is 11.7 Å². The van der Waals surface area contributed by atoms with Crippen LogP contribution in [0.25, 0.3) is 0 Å². The fourth-order valence-corrected chi connectivity index (χ4v) is 2.13. The molecule has 1 aromatic rings. The Morgan fingerprint density at radius 2 is 2.31 bits per heavy atom. The van der Waals surface area contributed by atoms with Crippen LogP contribution in [0, 0.1) is 0 Å². The largest absolute Gasteiger partial charge is 0.495 e. The van der Waals surface area contributed by atoms with Crippen molar-refractivity contribution in [3.05, 3.63) is 18.2 Å². The SMILES string of the molecule is CNC1CCN(c2ccc(N)c(OC)c2)C1. The zero-order chi connectivity index (χ0) is 11.5. The third-order valence-electron chi connectivity index (χ3n) is 3.18. The van der Waals surface area contributed by atoms with Gasteiger partial charge in [-0.25, -0.2) is 0 Å². The van der Waals surface area contributed by atoms with Gasteiger partial charge in [0.2, 0.25) is 0 Å². The molecule has 0 bridgehead atoms. The van der Waals surface area contributed by atoms with Gasteiger partial charge in [-0.2, -0.15) is 0 Å². The molecule has 0 saturated carbocycles. The Balaban J connectivity index is 2.15. The first-order chi connectivity index (χ1) is 7.74. The van der Waals surface area contributed by atoms with E-state index in [9.17, 15) is 0 Å². The molecule has 0 aromatic heterocycles. The first kappa shape index (κ1) is 11.1. The molecule has 1 aliphatic heterocycles. The highest BCUT2D eigenvalue weighted by Crippen LogP contribution is 2.29. The molecule has 0 radical (unpaired) electrons. The number of ether oxygens (including phenoxy) is 1. The predicted octanol–water partition coefficient (Wildman–Crippen LogP) is 1.08. The molecule has 16 heavy (non-hydrogen) atoms. The Labute approximate surface area is 96.4 Å². The zero-order valence-corrected chi connectivity index (χ0v) is 9.86. The van der Waals surface area contributed by atoms with Crippen LogP contribution >= 0.6 is 0 Å². The Morgan fingerprint density at radius 1 is 1.50 bits per heavy atom. The summed E-state index contributed by atoms with van der Waals surface area (Å²) < 4.78 is 5.23. The van der Waals surface area contributed by atoms with Gasteiger partial charge in [0.1, 0.15) is 5.75 Å². The number of nitrogens with zero attached hydrogens (tertiary/aromatic N) is 1. The number of rotatable bonds is 3. The van der Waals surface area contributed by atoms with E-state index in [4.69, 9.17) is 10.5 Å². The molecule has 88 valence electrons. The first-order valence-corrected chi connectivity index (χ1v) is 5.60. The quantitative estimate of drug-likeness (QED) is 0.750. The van der Waals surface area contributed by atoms with Crippen molar-refractivity contribution in [3.63, 3.8) is 0 Å². The third kappa shape index (κ3) is 2.07. The van der Waals surface area contributed by atoms with Gasteiger partial charge in [0.15, 0.2) is 0 Å². The molecule has 0 aliphatic carbocycles. The summed E-state index contributed by atoms with van der Waals surface area (Å²) in [5.41, 5.74) is 7.67. The first-order valence-electron chi connectivity index (χ1n) is 5.60. The highest BCUT2D eigenvalue weighted by atomic mass is 16.5. The number of likely N-dealkylation sites (N-methyl/N-ethyl adjacent to an activating group) is 1. The van der Waals surface area contributed by atoms with Crippen molar-refractivity contribution in [1.29, 1.82) is 0 Å². The van der Waals surface area contributed by atoms with Crippen LogP contribution in [0.1, 0.15) is 6.42 Å². The van der Waals surface area contributed by atoms with Crippen molar-refractivity contribution >= 4 is 11.4 Å². The smallest absolute Gasteiger partial charge is 0.143 e. The maximum atomic E-state index is 5.80. The monoisotopic (exact) mass is 221 g/mol. The number of anilines is 2. The molecule has 1 heterocycles. The van der Waals surface area contributed by atoms with Crippen LogP contribution in [0.15, 0.2) is 18.2 Å². The fourth-order valence-electron chi connectivity index (χ4n) is 2.13. The minimum Gasteiger partial charge on any atom is -0.495 e. The molecule has 1 atom stereocenters. The number of hydrogen-bond acceptors (Lipinski definition) is 4. The van der Waals surface area contributed by atoms with E-state index in [1.165, 1.54) is 12.1 Å². The van der Waals surface area contributed by atoms with Crippen molar-refractivity contribution in [1.82, 2.24) is 5.32 Å². The minimum absolute atomic E-state index is 0.587. The number of nitrogens with two attached hydrogens (primary N) is 1. The van der Waals surface area contributed by atoms with Gasteiger partial charge >= 0.3 is 0 Å². The zero-order valence-electron chi connectivity index (χ0n) is 9.86. The average molecular weight is 221 g/mol. The van der Waals surface area contributed by atoms with E-state index in [2.05, 4.69) is 16.3 Å². The van der Waals surface area contributed by atoms with Crippen molar-refractivity contribution in [3.8, 4) is 5.75 Å². The van der Waals surface area contributed by atoms with E-state index < -0.39 is 0 Å². The van der Waals surface area contributed by atoms with Crippen molar-refractivity contribution in [2.45, 2.75) is 12.5 Å². The number of nitrogens with one attached hydrogen (secondary N) is 1. The number of hydrogen-bond donors (Lipinski definition) is 2. The van der Waals surface area contributed by atoms with Crippen molar-refractivity contribution < 1.29 is 4.74 Å². The summed E-state index contributed by atoms with van der Waals surface area (Å²) in [5.74, 6) is 0.755. The van der Waals surface area contributed by atoms with Crippen molar-refractivity contribution in [2.75, 3.05) is 37.9 Å². The summed E-state index contributed by atoms with van der Waals surface area (Å²) >= 11 is 0. The topological polar surface area (TPSA) is 50.5 Å². The number of nitrogen functional groups attached to an aromatic ring is 1. The Bertz CT molecular complexity index is 367. The molecule has 4 nitrogen and oxygen atoms in total. The van der Waals surface area contributed by atoms with E-state index in [1.54, 1.807) is 7.11 Å². The average Bonchev–Trinajstić information content (AvgIpc) is 2.78. The molecular weight excluding hydrogens is 202 g/mol. The van der Waals surface area contributed by atoms with Crippen LogP contribution in [-0.2, 0) is 0 Å². The second kappa shape index (κ2) is 4.61. The normalized spacial score (nSPS) is 20.1. The highest BCUT2D eigenvalue weighted by molar-refractivity contribution is 5.62. The maximum absolute atomic E-state index is 5.80. The Morgan fingerprint density at radius 3 is 2.94 bits per heavy atom. The summed E-state index contributed by atoms with van der Waals surface area (Å²) in [4.78, 5) is 2.35. The van der Waals surface area contributed by atoms with E-state index in [0.717, 1.165) is 18.8 Å². The lowest BCUT2D eigenvalue weighted by Crippen LogP contribution is -2.29. The molecule has 4 heteroatoms. The standard InChI is InChI=1S/C12H19N3O/c1-14-9-5-6-15(8-9)10-3-4-11(13)12(7-10)16-2/h3-4,7,9,14H,5-6,8,13H2,1-2H3. The van der Waals surface area contributed by atoms with Gasteiger partial charge in [0.05, 0.1) is 12.8 Å².